The Balaban J connectivity index is 2.02. The largest absolute Gasteiger partial charge is 0.479 e. The predicted molar refractivity (Wildman–Crippen MR) is 97.2 cm³/mol. The molecule has 2 amide bonds. The molecule has 0 aliphatic carbocycles. The van der Waals surface area contributed by atoms with Crippen LogP contribution in [-0.2, 0) is 20.9 Å². The number of aliphatic carboxylic acids is 1. The number of alkyl carbamates (subject to hydrolysis) is 1. The molecule has 0 saturated carbocycles. The summed E-state index contributed by atoms with van der Waals surface area (Å²) in [7, 11) is 0. The van der Waals surface area contributed by atoms with Crippen LogP contribution in [0.1, 0.15) is 39.2 Å². The molecule has 1 aliphatic heterocycles. The zero-order chi connectivity index (χ0) is 20.1. The van der Waals surface area contributed by atoms with E-state index in [4.69, 9.17) is 9.47 Å². The number of nitrogens with zero attached hydrogens (tertiary/aromatic N) is 1. The first-order chi connectivity index (χ1) is 12.6. The van der Waals surface area contributed by atoms with Gasteiger partial charge in [-0.15, -0.1) is 0 Å². The summed E-state index contributed by atoms with van der Waals surface area (Å²) in [6, 6.07) is 9.07. The van der Waals surface area contributed by atoms with Gasteiger partial charge >= 0.3 is 18.2 Å². The van der Waals surface area contributed by atoms with Crippen molar-refractivity contribution in [3.63, 3.8) is 0 Å². The molecule has 2 N–H and O–H groups in total. The second-order valence-corrected chi connectivity index (χ2v) is 7.58. The molecule has 0 unspecified atom stereocenters. The van der Waals surface area contributed by atoms with Gasteiger partial charge < -0.3 is 24.8 Å². The van der Waals surface area contributed by atoms with Gasteiger partial charge in [0.1, 0.15) is 12.2 Å². The lowest BCUT2D eigenvalue weighted by Gasteiger charge is -2.40. The van der Waals surface area contributed by atoms with E-state index in [9.17, 15) is 19.5 Å². The van der Waals surface area contributed by atoms with E-state index >= 15 is 0 Å². The third kappa shape index (κ3) is 5.87. The number of piperidine rings is 1. The van der Waals surface area contributed by atoms with Crippen molar-refractivity contribution in [2.45, 2.75) is 51.4 Å². The smallest absolute Gasteiger partial charge is 0.410 e. The van der Waals surface area contributed by atoms with Gasteiger partial charge in [0.25, 0.3) is 0 Å². The van der Waals surface area contributed by atoms with Crippen molar-refractivity contribution in [1.82, 2.24) is 10.2 Å². The molecule has 1 fully saturated rings. The number of nitrogens with one attached hydrogen (secondary N) is 1. The molecule has 27 heavy (non-hydrogen) atoms. The van der Waals surface area contributed by atoms with Crippen LogP contribution in [0, 0.1) is 0 Å². The first-order valence-electron chi connectivity index (χ1n) is 8.81. The van der Waals surface area contributed by atoms with E-state index in [-0.39, 0.29) is 19.6 Å². The number of rotatable bonds is 4. The summed E-state index contributed by atoms with van der Waals surface area (Å²) in [5, 5.41) is 12.1. The highest BCUT2D eigenvalue weighted by Crippen LogP contribution is 2.24. The lowest BCUT2D eigenvalue weighted by Crippen LogP contribution is -2.64. The SMILES string of the molecule is CC(C)(C)OC(=O)N1CCC[C@@](NC(=O)OCc2ccccc2)(C(=O)O)C1. The van der Waals surface area contributed by atoms with Crippen LogP contribution in [0.5, 0.6) is 0 Å². The van der Waals surface area contributed by atoms with Crippen LogP contribution in [-0.4, -0.2) is 52.4 Å². The van der Waals surface area contributed by atoms with E-state index in [1.54, 1.807) is 32.9 Å². The highest BCUT2D eigenvalue weighted by molar-refractivity contribution is 5.85. The Morgan fingerprint density at radius 2 is 1.89 bits per heavy atom. The number of carbonyl (C=O) groups is 3. The summed E-state index contributed by atoms with van der Waals surface area (Å²) in [6.07, 6.45) is -0.827. The third-order valence-electron chi connectivity index (χ3n) is 4.11. The maximum atomic E-state index is 12.3. The minimum atomic E-state index is -1.61. The van der Waals surface area contributed by atoms with Crippen molar-refractivity contribution in [2.24, 2.45) is 0 Å². The van der Waals surface area contributed by atoms with Gasteiger partial charge in [0, 0.05) is 6.54 Å². The fourth-order valence-corrected chi connectivity index (χ4v) is 2.82. The molecule has 8 nitrogen and oxygen atoms in total. The summed E-state index contributed by atoms with van der Waals surface area (Å²) in [5.74, 6) is -1.22. The third-order valence-corrected chi connectivity index (χ3v) is 4.11. The van der Waals surface area contributed by atoms with Gasteiger partial charge in [-0.3, -0.25) is 0 Å². The summed E-state index contributed by atoms with van der Waals surface area (Å²) in [5.41, 5.74) is -1.51. The van der Waals surface area contributed by atoms with Crippen molar-refractivity contribution >= 4 is 18.2 Å². The van der Waals surface area contributed by atoms with E-state index in [0.717, 1.165) is 5.56 Å². The summed E-state index contributed by atoms with van der Waals surface area (Å²) in [6.45, 7) is 5.41. The number of benzene rings is 1. The Kier molecular flexibility index (Phi) is 6.30. The van der Waals surface area contributed by atoms with Crippen LogP contribution in [0.4, 0.5) is 9.59 Å². The zero-order valence-electron chi connectivity index (χ0n) is 15.9. The molecule has 0 spiro atoms. The second-order valence-electron chi connectivity index (χ2n) is 7.58. The van der Waals surface area contributed by atoms with Crippen LogP contribution in [0.25, 0.3) is 0 Å². The Morgan fingerprint density at radius 3 is 2.48 bits per heavy atom. The zero-order valence-corrected chi connectivity index (χ0v) is 15.9. The first kappa shape index (κ1) is 20.5. The number of ether oxygens (including phenoxy) is 2. The Bertz CT molecular complexity index is 685. The molecular weight excluding hydrogens is 352 g/mol. The predicted octanol–water partition coefficient (Wildman–Crippen LogP) is 2.77. The van der Waals surface area contributed by atoms with Gasteiger partial charge in [-0.05, 0) is 39.2 Å². The number of hydrogen-bond donors (Lipinski definition) is 2. The maximum absolute atomic E-state index is 12.3. The van der Waals surface area contributed by atoms with Crippen molar-refractivity contribution in [2.75, 3.05) is 13.1 Å². The Morgan fingerprint density at radius 1 is 1.22 bits per heavy atom. The molecule has 1 atom stereocenters. The lowest BCUT2D eigenvalue weighted by atomic mass is 9.89. The van der Waals surface area contributed by atoms with Crippen molar-refractivity contribution in [3.05, 3.63) is 35.9 Å². The Labute approximate surface area is 158 Å². The molecule has 8 heteroatoms. The van der Waals surface area contributed by atoms with Gasteiger partial charge in [0.2, 0.25) is 0 Å². The van der Waals surface area contributed by atoms with Crippen LogP contribution in [0.2, 0.25) is 0 Å². The quantitative estimate of drug-likeness (QED) is 0.835. The molecular formula is C19H26N2O6. The highest BCUT2D eigenvalue weighted by Gasteiger charge is 2.46. The number of carboxylic acids is 1. The number of hydrogen-bond acceptors (Lipinski definition) is 5. The topological polar surface area (TPSA) is 105 Å². The standard InChI is InChI=1S/C19H26N2O6/c1-18(2,3)27-17(25)21-11-7-10-19(13-21,15(22)23)20-16(24)26-12-14-8-5-4-6-9-14/h4-6,8-9H,7,10-13H2,1-3H3,(H,20,24)(H,22,23)/t19-/m0/s1. The van der Waals surface area contributed by atoms with Gasteiger partial charge in [-0.1, -0.05) is 30.3 Å². The fraction of sp³-hybridized carbons (Fsp3) is 0.526. The molecule has 148 valence electrons. The summed E-state index contributed by atoms with van der Waals surface area (Å²) in [4.78, 5) is 37.7. The summed E-state index contributed by atoms with van der Waals surface area (Å²) >= 11 is 0. The van der Waals surface area contributed by atoms with E-state index in [2.05, 4.69) is 5.32 Å². The Hall–Kier alpha value is -2.77. The van der Waals surface area contributed by atoms with Crippen molar-refractivity contribution < 1.29 is 29.0 Å². The van der Waals surface area contributed by atoms with Crippen molar-refractivity contribution in [3.8, 4) is 0 Å². The van der Waals surface area contributed by atoms with Crippen molar-refractivity contribution in [1.29, 1.82) is 0 Å². The van der Waals surface area contributed by atoms with Gasteiger partial charge in [0.15, 0.2) is 5.54 Å². The molecule has 1 aliphatic rings. The molecule has 0 aromatic heterocycles. The maximum Gasteiger partial charge on any atom is 0.410 e. The minimum Gasteiger partial charge on any atom is -0.479 e. The average Bonchev–Trinajstić information content (AvgIpc) is 2.59. The molecule has 0 radical (unpaired) electrons. The van der Waals surface area contributed by atoms with E-state index in [1.165, 1.54) is 4.90 Å². The fourth-order valence-electron chi connectivity index (χ4n) is 2.82. The number of carbonyl (C=O) groups excluding carboxylic acids is 2. The molecule has 1 aromatic rings. The normalized spacial score (nSPS) is 19.9. The number of amides is 2. The van der Waals surface area contributed by atoms with Crippen LogP contribution in [0.3, 0.4) is 0 Å². The van der Waals surface area contributed by atoms with Crippen LogP contribution < -0.4 is 5.32 Å². The first-order valence-corrected chi connectivity index (χ1v) is 8.81. The number of likely N-dealkylation sites (tertiary alicyclic amines) is 1. The van der Waals surface area contributed by atoms with Gasteiger partial charge in [0.05, 0.1) is 6.54 Å². The van der Waals surface area contributed by atoms with E-state index in [0.29, 0.717) is 13.0 Å². The second kappa shape index (κ2) is 8.28. The van der Waals surface area contributed by atoms with E-state index < -0.39 is 29.3 Å². The molecule has 0 bridgehead atoms. The minimum absolute atomic E-state index is 0.0259. The van der Waals surface area contributed by atoms with Gasteiger partial charge in [-0.2, -0.15) is 0 Å². The molecule has 1 aromatic carbocycles. The van der Waals surface area contributed by atoms with Gasteiger partial charge in [-0.25, -0.2) is 14.4 Å². The van der Waals surface area contributed by atoms with E-state index in [1.807, 2.05) is 18.2 Å². The highest BCUT2D eigenvalue weighted by atomic mass is 16.6. The molecule has 1 saturated heterocycles. The summed E-state index contributed by atoms with van der Waals surface area (Å²) < 4.78 is 10.4. The number of carboxylic acid groups (broad SMARTS) is 1. The monoisotopic (exact) mass is 378 g/mol. The molecule has 2 rings (SSSR count). The van der Waals surface area contributed by atoms with Crippen LogP contribution in [0.15, 0.2) is 30.3 Å². The van der Waals surface area contributed by atoms with Crippen LogP contribution >= 0.6 is 0 Å². The molecule has 1 heterocycles. The lowest BCUT2D eigenvalue weighted by molar-refractivity contribution is -0.147. The average molecular weight is 378 g/mol.